The fourth-order valence-corrected chi connectivity index (χ4v) is 3.93. The Morgan fingerprint density at radius 1 is 1.14 bits per heavy atom. The predicted octanol–water partition coefficient (Wildman–Crippen LogP) is 3.84. The minimum Gasteiger partial charge on any atom is -0.497 e. The van der Waals surface area contributed by atoms with Crippen LogP contribution in [0.5, 0.6) is 5.75 Å². The highest BCUT2D eigenvalue weighted by molar-refractivity contribution is 7.18. The van der Waals surface area contributed by atoms with Crippen LogP contribution < -0.4 is 15.4 Å². The molecule has 3 aromatic rings. The number of nitrogens with two attached hydrogens (primary N) is 1. The van der Waals surface area contributed by atoms with E-state index in [9.17, 15) is 14.0 Å². The van der Waals surface area contributed by atoms with Gasteiger partial charge in [-0.1, -0.05) is 11.3 Å². The number of ether oxygens (including phenoxy) is 1. The summed E-state index contributed by atoms with van der Waals surface area (Å²) in [5.74, 6) is -0.489. The van der Waals surface area contributed by atoms with E-state index < -0.39 is 17.8 Å². The maximum atomic E-state index is 13.4. The predicted molar refractivity (Wildman–Crippen MR) is 110 cm³/mol. The minimum atomic E-state index is -0.741. The highest BCUT2D eigenvalue weighted by atomic mass is 32.1. The van der Waals surface area contributed by atoms with Crippen LogP contribution in [-0.2, 0) is 4.79 Å². The van der Waals surface area contributed by atoms with Gasteiger partial charge in [-0.3, -0.25) is 9.59 Å². The molecule has 0 radical (unpaired) electrons. The molecule has 0 unspecified atom stereocenters. The molecule has 0 saturated carbocycles. The number of methoxy groups -OCH3 is 1. The molecule has 2 N–H and O–H groups in total. The van der Waals surface area contributed by atoms with E-state index in [-0.39, 0.29) is 5.78 Å². The van der Waals surface area contributed by atoms with Gasteiger partial charge in [0.15, 0.2) is 5.13 Å². The second kappa shape index (κ2) is 8.40. The summed E-state index contributed by atoms with van der Waals surface area (Å²) in [6.07, 6.45) is 0. The normalized spacial score (nSPS) is 11.7. The smallest absolute Gasteiger partial charge is 0.240 e. The monoisotopic (exact) mass is 413 g/mol. The van der Waals surface area contributed by atoms with Crippen LogP contribution in [0.1, 0.15) is 27.9 Å². The molecule has 1 atom stereocenters. The Balaban J connectivity index is 2.01. The standard InChI is InChI=1S/C21H20FN3O3S/c1-12-19(18(26)14-4-10-17(28-3)11-5-14)29-21(24-12)25(13(2)20(23)27)16-8-6-15(22)7-9-16/h4-11,13H,1-3H3,(H2,23,27)/t13-/m1/s1. The molecular formula is C21H20FN3O3S. The van der Waals surface area contributed by atoms with Gasteiger partial charge in [0.05, 0.1) is 17.7 Å². The summed E-state index contributed by atoms with van der Waals surface area (Å²) in [7, 11) is 1.56. The van der Waals surface area contributed by atoms with Crippen molar-refractivity contribution in [2.45, 2.75) is 19.9 Å². The molecular weight excluding hydrogens is 393 g/mol. The molecule has 0 spiro atoms. The quantitative estimate of drug-likeness (QED) is 0.595. The number of ketones is 1. The Kier molecular flexibility index (Phi) is 5.93. The number of carbonyl (C=O) groups excluding carboxylic acids is 2. The van der Waals surface area contributed by atoms with Crippen LogP contribution in [0.15, 0.2) is 48.5 Å². The van der Waals surface area contributed by atoms with E-state index in [4.69, 9.17) is 10.5 Å². The first-order chi connectivity index (χ1) is 13.8. The third kappa shape index (κ3) is 4.27. The Bertz CT molecular complexity index is 1030. The number of aromatic nitrogens is 1. The summed E-state index contributed by atoms with van der Waals surface area (Å²) < 4.78 is 18.5. The molecule has 150 valence electrons. The van der Waals surface area contributed by atoms with Gasteiger partial charge in [0, 0.05) is 11.3 Å². The summed E-state index contributed by atoms with van der Waals surface area (Å²) in [5, 5.41) is 0.428. The van der Waals surface area contributed by atoms with Crippen LogP contribution in [0.3, 0.4) is 0 Å². The molecule has 3 rings (SSSR count). The van der Waals surface area contributed by atoms with Crippen molar-refractivity contribution in [3.8, 4) is 5.75 Å². The van der Waals surface area contributed by atoms with Gasteiger partial charge in [-0.05, 0) is 62.4 Å². The molecule has 1 aromatic heterocycles. The fraction of sp³-hybridized carbons (Fsp3) is 0.190. The van der Waals surface area contributed by atoms with E-state index in [0.29, 0.717) is 32.7 Å². The Morgan fingerprint density at radius 3 is 2.31 bits per heavy atom. The van der Waals surface area contributed by atoms with Crippen molar-refractivity contribution in [1.82, 2.24) is 4.98 Å². The summed E-state index contributed by atoms with van der Waals surface area (Å²) in [5.41, 5.74) is 7.10. The van der Waals surface area contributed by atoms with Crippen LogP contribution in [0, 0.1) is 12.7 Å². The fourth-order valence-electron chi connectivity index (χ4n) is 2.80. The van der Waals surface area contributed by atoms with Crippen molar-refractivity contribution in [2.75, 3.05) is 12.0 Å². The zero-order valence-electron chi connectivity index (χ0n) is 16.2. The van der Waals surface area contributed by atoms with E-state index in [1.807, 2.05) is 0 Å². The van der Waals surface area contributed by atoms with Crippen molar-refractivity contribution >= 4 is 33.8 Å². The van der Waals surface area contributed by atoms with Crippen molar-refractivity contribution in [1.29, 1.82) is 0 Å². The SMILES string of the molecule is COc1ccc(C(=O)c2sc(N(c3ccc(F)cc3)[C@H](C)C(N)=O)nc2C)cc1. The highest BCUT2D eigenvalue weighted by Crippen LogP contribution is 2.34. The Labute approximate surface area is 171 Å². The van der Waals surface area contributed by atoms with Crippen LogP contribution in [0.2, 0.25) is 0 Å². The van der Waals surface area contributed by atoms with Gasteiger partial charge < -0.3 is 15.4 Å². The number of halogens is 1. The number of amides is 1. The summed E-state index contributed by atoms with van der Waals surface area (Å²) >= 11 is 1.16. The first-order valence-corrected chi connectivity index (χ1v) is 9.63. The largest absolute Gasteiger partial charge is 0.497 e. The summed E-state index contributed by atoms with van der Waals surface area (Å²) in [4.78, 5) is 31.4. The average molecular weight is 413 g/mol. The lowest BCUT2D eigenvalue weighted by atomic mass is 10.1. The van der Waals surface area contributed by atoms with Gasteiger partial charge in [-0.25, -0.2) is 9.37 Å². The van der Waals surface area contributed by atoms with Crippen molar-refractivity contribution in [3.05, 3.63) is 70.5 Å². The van der Waals surface area contributed by atoms with Gasteiger partial charge in [0.1, 0.15) is 17.6 Å². The van der Waals surface area contributed by atoms with Crippen LogP contribution in [-0.4, -0.2) is 29.8 Å². The number of aryl methyl sites for hydroxylation is 1. The average Bonchev–Trinajstić information content (AvgIpc) is 3.10. The zero-order chi connectivity index (χ0) is 21.1. The molecule has 1 heterocycles. The summed E-state index contributed by atoms with van der Waals surface area (Å²) in [6.45, 7) is 3.36. The summed E-state index contributed by atoms with van der Waals surface area (Å²) in [6, 6.07) is 11.7. The molecule has 1 amide bonds. The Hall–Kier alpha value is -3.26. The van der Waals surface area contributed by atoms with Gasteiger partial charge >= 0.3 is 0 Å². The molecule has 0 aliphatic carbocycles. The Morgan fingerprint density at radius 2 is 1.76 bits per heavy atom. The zero-order valence-corrected chi connectivity index (χ0v) is 17.0. The van der Waals surface area contributed by atoms with E-state index in [0.717, 1.165) is 11.3 Å². The first-order valence-electron chi connectivity index (χ1n) is 8.82. The van der Waals surface area contributed by atoms with Gasteiger partial charge in [-0.2, -0.15) is 0 Å². The lowest BCUT2D eigenvalue weighted by Crippen LogP contribution is -2.39. The van der Waals surface area contributed by atoms with Gasteiger partial charge in [0.25, 0.3) is 0 Å². The second-order valence-electron chi connectivity index (χ2n) is 6.39. The number of hydrogen-bond donors (Lipinski definition) is 1. The first kappa shape index (κ1) is 20.5. The molecule has 6 nitrogen and oxygen atoms in total. The molecule has 29 heavy (non-hydrogen) atoms. The molecule has 0 aliphatic rings. The molecule has 0 saturated heterocycles. The van der Waals surface area contributed by atoms with E-state index in [2.05, 4.69) is 4.98 Å². The number of hydrogen-bond acceptors (Lipinski definition) is 6. The molecule has 0 fully saturated rings. The number of rotatable bonds is 7. The topological polar surface area (TPSA) is 85.5 Å². The number of thiazole rings is 1. The number of benzene rings is 2. The van der Waals surface area contributed by atoms with Crippen molar-refractivity contribution in [2.24, 2.45) is 5.73 Å². The maximum Gasteiger partial charge on any atom is 0.240 e. The third-order valence-electron chi connectivity index (χ3n) is 4.45. The van der Waals surface area contributed by atoms with Crippen LogP contribution >= 0.6 is 11.3 Å². The molecule has 2 aromatic carbocycles. The van der Waals surface area contributed by atoms with Crippen LogP contribution in [0.4, 0.5) is 15.2 Å². The maximum absolute atomic E-state index is 13.4. The lowest BCUT2D eigenvalue weighted by Gasteiger charge is -2.26. The van der Waals surface area contributed by atoms with E-state index in [1.54, 1.807) is 50.1 Å². The lowest BCUT2D eigenvalue weighted by molar-refractivity contribution is -0.118. The van der Waals surface area contributed by atoms with Crippen LogP contribution in [0.25, 0.3) is 0 Å². The molecule has 0 bridgehead atoms. The molecule has 8 heteroatoms. The van der Waals surface area contributed by atoms with Gasteiger partial charge in [0.2, 0.25) is 11.7 Å². The van der Waals surface area contributed by atoms with E-state index >= 15 is 0 Å². The number of anilines is 2. The molecule has 0 aliphatic heterocycles. The van der Waals surface area contributed by atoms with Crippen molar-refractivity contribution < 1.29 is 18.7 Å². The van der Waals surface area contributed by atoms with Crippen molar-refractivity contribution in [3.63, 3.8) is 0 Å². The number of nitrogens with zero attached hydrogens (tertiary/aromatic N) is 2. The third-order valence-corrected chi connectivity index (χ3v) is 5.61. The van der Waals surface area contributed by atoms with E-state index in [1.165, 1.54) is 24.3 Å². The number of carbonyl (C=O) groups is 2. The highest BCUT2D eigenvalue weighted by Gasteiger charge is 2.27. The minimum absolute atomic E-state index is 0.181. The number of primary amides is 1. The second-order valence-corrected chi connectivity index (χ2v) is 7.37. The van der Waals surface area contributed by atoms with Gasteiger partial charge in [-0.15, -0.1) is 0 Å².